The van der Waals surface area contributed by atoms with Crippen molar-refractivity contribution in [1.82, 2.24) is 4.98 Å². The van der Waals surface area contributed by atoms with Crippen LogP contribution in [0.25, 0.3) is 0 Å². The van der Waals surface area contributed by atoms with Crippen LogP contribution in [0, 0.1) is 0 Å². The van der Waals surface area contributed by atoms with Gasteiger partial charge in [0, 0.05) is 12.2 Å². The molecule has 0 aliphatic heterocycles. The summed E-state index contributed by atoms with van der Waals surface area (Å²) < 4.78 is 37.7. The van der Waals surface area contributed by atoms with Crippen molar-refractivity contribution in [2.45, 2.75) is 32.0 Å². The first-order valence-corrected chi connectivity index (χ1v) is 5.68. The summed E-state index contributed by atoms with van der Waals surface area (Å²) in [5.74, 6) is -0.129. The number of anilines is 1. The highest BCUT2D eigenvalue weighted by Gasteiger charge is 2.39. The number of carbonyl (C=O) groups excluding carboxylic acids is 1. The van der Waals surface area contributed by atoms with E-state index in [4.69, 9.17) is 0 Å². The van der Waals surface area contributed by atoms with Crippen LogP contribution in [-0.2, 0) is 0 Å². The predicted octanol–water partition coefficient (Wildman–Crippen LogP) is 2.82. The van der Waals surface area contributed by atoms with Gasteiger partial charge in [-0.25, -0.2) is 4.98 Å². The second-order valence-electron chi connectivity index (χ2n) is 4.41. The zero-order valence-electron chi connectivity index (χ0n) is 9.87. The summed E-state index contributed by atoms with van der Waals surface area (Å²) in [5.41, 5.74) is 0.244. The number of Topliss-reactive ketones (excluding diaryl/α,β-unsaturated/α-hetero) is 1. The number of alkyl halides is 3. The average molecular weight is 258 g/mol. The van der Waals surface area contributed by atoms with Crippen molar-refractivity contribution < 1.29 is 18.0 Å². The lowest BCUT2D eigenvalue weighted by molar-refractivity contribution is -0.120. The predicted molar refractivity (Wildman–Crippen MR) is 60.7 cm³/mol. The Hall–Kier alpha value is -1.59. The minimum atomic E-state index is -4.30. The maximum Gasteiger partial charge on any atom is 0.405 e. The molecule has 0 radical (unpaired) electrons. The van der Waals surface area contributed by atoms with Crippen LogP contribution in [0.1, 0.15) is 30.1 Å². The smallest absolute Gasteiger partial charge is 0.344 e. The molecule has 3 nitrogen and oxygen atoms in total. The van der Waals surface area contributed by atoms with Gasteiger partial charge >= 0.3 is 6.18 Å². The first kappa shape index (κ1) is 12.9. The van der Waals surface area contributed by atoms with Gasteiger partial charge in [-0.1, -0.05) is 0 Å². The van der Waals surface area contributed by atoms with Crippen LogP contribution in [0.5, 0.6) is 0 Å². The van der Waals surface area contributed by atoms with E-state index in [1.54, 1.807) is 6.07 Å². The summed E-state index contributed by atoms with van der Waals surface area (Å²) in [6, 6.07) is 2.91. The van der Waals surface area contributed by atoms with E-state index in [-0.39, 0.29) is 23.2 Å². The molecule has 1 saturated carbocycles. The van der Waals surface area contributed by atoms with Crippen LogP contribution in [0.3, 0.4) is 0 Å². The number of halogens is 3. The first-order valence-electron chi connectivity index (χ1n) is 5.68. The molecule has 2 rings (SSSR count). The van der Waals surface area contributed by atoms with Gasteiger partial charge in [0.25, 0.3) is 0 Å². The normalized spacial score (nSPS) is 15.6. The molecule has 1 fully saturated rings. The molecule has 6 heteroatoms. The van der Waals surface area contributed by atoms with E-state index in [0.717, 1.165) is 0 Å². The lowest BCUT2D eigenvalue weighted by atomic mass is 10.1. The van der Waals surface area contributed by atoms with Crippen LogP contribution < -0.4 is 4.90 Å². The number of rotatable bonds is 4. The Morgan fingerprint density at radius 1 is 1.50 bits per heavy atom. The van der Waals surface area contributed by atoms with Crippen LogP contribution in [0.2, 0.25) is 0 Å². The quantitative estimate of drug-likeness (QED) is 0.778. The minimum absolute atomic E-state index is 0.143. The lowest BCUT2D eigenvalue weighted by Crippen LogP contribution is -2.37. The van der Waals surface area contributed by atoms with Crippen molar-refractivity contribution in [3.63, 3.8) is 0 Å². The van der Waals surface area contributed by atoms with Crippen molar-refractivity contribution >= 4 is 11.6 Å². The van der Waals surface area contributed by atoms with Crippen molar-refractivity contribution in [2.24, 2.45) is 0 Å². The molecule has 0 saturated heterocycles. The summed E-state index contributed by atoms with van der Waals surface area (Å²) in [4.78, 5) is 16.6. The molecular formula is C12H13F3N2O. The number of pyridine rings is 1. The third-order valence-electron chi connectivity index (χ3n) is 2.78. The first-order chi connectivity index (χ1) is 8.38. The molecule has 1 aromatic rings. The third kappa shape index (κ3) is 3.00. The summed E-state index contributed by atoms with van der Waals surface area (Å²) in [6.07, 6.45) is -1.46. The van der Waals surface area contributed by atoms with E-state index in [2.05, 4.69) is 4.98 Å². The van der Waals surface area contributed by atoms with Crippen LogP contribution in [-0.4, -0.2) is 29.5 Å². The Balaban J connectivity index is 2.33. The van der Waals surface area contributed by atoms with E-state index in [1.165, 1.54) is 24.1 Å². The maximum atomic E-state index is 12.6. The fourth-order valence-corrected chi connectivity index (χ4v) is 1.86. The van der Waals surface area contributed by atoms with Gasteiger partial charge in [0.1, 0.15) is 12.4 Å². The highest BCUT2D eigenvalue weighted by atomic mass is 19.4. The molecule has 1 aliphatic carbocycles. The number of nitrogens with zero attached hydrogens (tertiary/aromatic N) is 2. The van der Waals surface area contributed by atoms with Crippen LogP contribution in [0.4, 0.5) is 19.0 Å². The minimum Gasteiger partial charge on any atom is -0.344 e. The molecule has 0 amide bonds. The molecule has 0 unspecified atom stereocenters. The molecule has 18 heavy (non-hydrogen) atoms. The molecule has 0 atom stereocenters. The molecule has 1 aliphatic rings. The van der Waals surface area contributed by atoms with Gasteiger partial charge < -0.3 is 4.90 Å². The maximum absolute atomic E-state index is 12.6. The number of hydrogen-bond donors (Lipinski definition) is 0. The van der Waals surface area contributed by atoms with E-state index in [9.17, 15) is 18.0 Å². The zero-order valence-corrected chi connectivity index (χ0v) is 9.87. The number of aromatic nitrogens is 1. The van der Waals surface area contributed by atoms with Gasteiger partial charge in [-0.15, -0.1) is 0 Å². The van der Waals surface area contributed by atoms with E-state index < -0.39 is 12.7 Å². The number of carbonyl (C=O) groups is 1. The molecular weight excluding hydrogens is 245 g/mol. The molecule has 0 spiro atoms. The molecule has 98 valence electrons. The molecule has 1 aromatic heterocycles. The lowest BCUT2D eigenvalue weighted by Gasteiger charge is -2.26. The Bertz CT molecular complexity index is 455. The standard InChI is InChI=1S/C12H13F3N2O/c1-8(18)10-3-2-6-16-11(10)17(9-4-5-9)7-12(13,14)15/h2-3,6,9H,4-5,7H2,1H3. The van der Waals surface area contributed by atoms with Gasteiger partial charge in [-0.3, -0.25) is 4.79 Å². The summed E-state index contributed by atoms with van der Waals surface area (Å²) >= 11 is 0. The molecule has 1 heterocycles. The van der Waals surface area contributed by atoms with Crippen molar-refractivity contribution in [1.29, 1.82) is 0 Å². The monoisotopic (exact) mass is 258 g/mol. The fraction of sp³-hybridized carbons (Fsp3) is 0.500. The summed E-state index contributed by atoms with van der Waals surface area (Å²) in [6.45, 7) is 0.272. The van der Waals surface area contributed by atoms with Crippen LogP contribution >= 0.6 is 0 Å². The highest BCUT2D eigenvalue weighted by molar-refractivity contribution is 5.98. The van der Waals surface area contributed by atoms with Gasteiger partial charge in [-0.2, -0.15) is 13.2 Å². The molecule has 0 N–H and O–H groups in total. The van der Waals surface area contributed by atoms with Crippen LogP contribution in [0.15, 0.2) is 18.3 Å². The Morgan fingerprint density at radius 3 is 2.67 bits per heavy atom. The van der Waals surface area contributed by atoms with E-state index in [0.29, 0.717) is 12.8 Å². The average Bonchev–Trinajstić information content (AvgIpc) is 3.08. The largest absolute Gasteiger partial charge is 0.405 e. The number of hydrogen-bond acceptors (Lipinski definition) is 3. The van der Waals surface area contributed by atoms with Gasteiger partial charge in [0.05, 0.1) is 5.56 Å². The van der Waals surface area contributed by atoms with Crippen molar-refractivity contribution in [3.05, 3.63) is 23.9 Å². The second kappa shape index (κ2) is 4.59. The highest BCUT2D eigenvalue weighted by Crippen LogP contribution is 2.34. The SMILES string of the molecule is CC(=O)c1cccnc1N(CC(F)(F)F)C1CC1. The second-order valence-corrected chi connectivity index (χ2v) is 4.41. The van der Waals surface area contributed by atoms with Gasteiger partial charge in [0.15, 0.2) is 5.78 Å². The van der Waals surface area contributed by atoms with Crippen molar-refractivity contribution in [2.75, 3.05) is 11.4 Å². The zero-order chi connectivity index (χ0) is 13.3. The van der Waals surface area contributed by atoms with Gasteiger partial charge in [0.2, 0.25) is 0 Å². The Kier molecular flexibility index (Phi) is 3.28. The molecule has 0 bridgehead atoms. The summed E-state index contributed by atoms with van der Waals surface area (Å²) in [7, 11) is 0. The van der Waals surface area contributed by atoms with Crippen molar-refractivity contribution in [3.8, 4) is 0 Å². The topological polar surface area (TPSA) is 33.2 Å². The Labute approximate surface area is 103 Å². The summed E-state index contributed by atoms with van der Waals surface area (Å²) in [5, 5.41) is 0. The molecule has 0 aromatic carbocycles. The number of ketones is 1. The van der Waals surface area contributed by atoms with Gasteiger partial charge in [-0.05, 0) is 31.9 Å². The Morgan fingerprint density at radius 2 is 2.17 bits per heavy atom. The third-order valence-corrected chi connectivity index (χ3v) is 2.78. The fourth-order valence-electron chi connectivity index (χ4n) is 1.86. The van der Waals surface area contributed by atoms with E-state index >= 15 is 0 Å². The van der Waals surface area contributed by atoms with E-state index in [1.807, 2.05) is 0 Å².